The molecule has 150 valence electrons. The largest absolute Gasteiger partial charge is 0.491 e. The molecule has 0 saturated carbocycles. The van der Waals surface area contributed by atoms with Crippen molar-refractivity contribution in [3.63, 3.8) is 0 Å². The van der Waals surface area contributed by atoms with E-state index in [1.54, 1.807) is 24.3 Å². The van der Waals surface area contributed by atoms with Crippen molar-refractivity contribution >= 4 is 17.9 Å². The minimum atomic E-state index is -0.639. The second-order valence-electron chi connectivity index (χ2n) is 7.11. The molecule has 0 radical (unpaired) electrons. The Bertz CT molecular complexity index is 729. The topological polar surface area (TPSA) is 59.0 Å². The van der Waals surface area contributed by atoms with Crippen molar-refractivity contribution < 1.29 is 19.4 Å². The normalized spacial score (nSPS) is 17.6. The number of carbonyl (C=O) groups excluding carboxylic acids is 1. The highest BCUT2D eigenvalue weighted by Gasteiger charge is 2.21. The van der Waals surface area contributed by atoms with Gasteiger partial charge in [0.05, 0.1) is 6.10 Å². The van der Waals surface area contributed by atoms with E-state index in [2.05, 4.69) is 4.90 Å². The first kappa shape index (κ1) is 20.8. The third kappa shape index (κ3) is 6.60. The van der Waals surface area contributed by atoms with Gasteiger partial charge in [0.1, 0.15) is 24.7 Å². The number of ether oxygens (including phenoxy) is 2. The third-order valence-corrected chi connectivity index (χ3v) is 4.98. The zero-order chi connectivity index (χ0) is 19.8. The molecule has 28 heavy (non-hydrogen) atoms. The summed E-state index contributed by atoms with van der Waals surface area (Å²) in [7, 11) is 0. The Kier molecular flexibility index (Phi) is 7.86. The van der Waals surface area contributed by atoms with Crippen LogP contribution in [0.1, 0.15) is 28.8 Å². The van der Waals surface area contributed by atoms with E-state index in [4.69, 9.17) is 21.1 Å². The molecule has 6 heteroatoms. The van der Waals surface area contributed by atoms with Crippen molar-refractivity contribution in [1.82, 2.24) is 4.90 Å². The van der Waals surface area contributed by atoms with E-state index in [1.807, 2.05) is 24.3 Å². The van der Waals surface area contributed by atoms with Crippen LogP contribution in [0.5, 0.6) is 5.75 Å². The van der Waals surface area contributed by atoms with Crippen LogP contribution in [0.15, 0.2) is 48.5 Å². The Morgan fingerprint density at radius 1 is 1.21 bits per heavy atom. The molecule has 1 aliphatic heterocycles. The number of nitrogens with zero attached hydrogens (tertiary/aromatic N) is 1. The summed E-state index contributed by atoms with van der Waals surface area (Å²) in [5, 5.41) is 11.2. The molecule has 5 nitrogen and oxygen atoms in total. The molecule has 0 spiro atoms. The standard InChI is InChI=1S/C22H26ClNO4/c23-19-7-3-17(4-8-19)12-24(14-22-2-1-11-27-22)13-20(26)16-28-21-9-5-18(15-25)6-10-21/h3-10,15,20,22,26H,1-2,11-14,16H2. The minimum Gasteiger partial charge on any atom is -0.491 e. The molecule has 3 rings (SSSR count). The van der Waals surface area contributed by atoms with Crippen molar-refractivity contribution in [3.05, 3.63) is 64.7 Å². The van der Waals surface area contributed by atoms with Crippen LogP contribution in [-0.4, -0.2) is 54.8 Å². The highest BCUT2D eigenvalue weighted by molar-refractivity contribution is 6.30. The molecule has 1 aliphatic rings. The second-order valence-corrected chi connectivity index (χ2v) is 7.54. The smallest absolute Gasteiger partial charge is 0.150 e. The van der Waals surface area contributed by atoms with Crippen LogP contribution in [-0.2, 0) is 11.3 Å². The van der Waals surface area contributed by atoms with Crippen LogP contribution in [0.3, 0.4) is 0 Å². The lowest BCUT2D eigenvalue weighted by Gasteiger charge is -2.27. The Hall–Kier alpha value is -1.92. The maximum absolute atomic E-state index is 10.7. The minimum absolute atomic E-state index is 0.184. The lowest BCUT2D eigenvalue weighted by atomic mass is 10.1. The van der Waals surface area contributed by atoms with E-state index in [0.717, 1.165) is 37.8 Å². The number of aldehydes is 1. The van der Waals surface area contributed by atoms with E-state index < -0.39 is 6.10 Å². The molecule has 0 amide bonds. The predicted molar refractivity (Wildman–Crippen MR) is 109 cm³/mol. The molecule has 2 atom stereocenters. The second kappa shape index (κ2) is 10.6. The van der Waals surface area contributed by atoms with Gasteiger partial charge in [-0.05, 0) is 54.8 Å². The number of hydrogen-bond acceptors (Lipinski definition) is 5. The van der Waals surface area contributed by atoms with Crippen LogP contribution < -0.4 is 4.74 Å². The number of rotatable bonds is 10. The number of benzene rings is 2. The van der Waals surface area contributed by atoms with Crippen LogP contribution in [0, 0.1) is 0 Å². The van der Waals surface area contributed by atoms with E-state index in [9.17, 15) is 9.90 Å². The first-order valence-corrected chi connectivity index (χ1v) is 9.94. The maximum Gasteiger partial charge on any atom is 0.150 e. The number of aliphatic hydroxyl groups excluding tert-OH is 1. The van der Waals surface area contributed by atoms with Gasteiger partial charge in [0, 0.05) is 36.8 Å². The van der Waals surface area contributed by atoms with Crippen molar-refractivity contribution in [3.8, 4) is 5.75 Å². The van der Waals surface area contributed by atoms with E-state index in [0.29, 0.717) is 29.4 Å². The number of hydrogen-bond donors (Lipinski definition) is 1. The summed E-state index contributed by atoms with van der Waals surface area (Å²) in [6.45, 7) is 2.95. The summed E-state index contributed by atoms with van der Waals surface area (Å²) in [6.07, 6.45) is 2.49. The monoisotopic (exact) mass is 403 g/mol. The van der Waals surface area contributed by atoms with E-state index in [-0.39, 0.29) is 12.7 Å². The van der Waals surface area contributed by atoms with Crippen molar-refractivity contribution in [2.45, 2.75) is 31.6 Å². The fourth-order valence-electron chi connectivity index (χ4n) is 3.31. The summed E-state index contributed by atoms with van der Waals surface area (Å²) in [6, 6.07) is 14.6. The SMILES string of the molecule is O=Cc1ccc(OCC(O)CN(Cc2ccc(Cl)cc2)CC2CCCO2)cc1. The molecular formula is C22H26ClNO4. The molecule has 2 unspecified atom stereocenters. The molecule has 1 N–H and O–H groups in total. The van der Waals surface area contributed by atoms with Crippen molar-refractivity contribution in [1.29, 1.82) is 0 Å². The number of aliphatic hydroxyl groups is 1. The van der Waals surface area contributed by atoms with Gasteiger partial charge in [-0.1, -0.05) is 23.7 Å². The molecular weight excluding hydrogens is 378 g/mol. The molecule has 2 aromatic rings. The van der Waals surface area contributed by atoms with Crippen LogP contribution in [0.25, 0.3) is 0 Å². The lowest BCUT2D eigenvalue weighted by Crippen LogP contribution is -2.39. The van der Waals surface area contributed by atoms with Crippen LogP contribution in [0.2, 0.25) is 5.02 Å². The molecule has 2 aromatic carbocycles. The molecule has 0 aromatic heterocycles. The highest BCUT2D eigenvalue weighted by Crippen LogP contribution is 2.17. The van der Waals surface area contributed by atoms with Gasteiger partial charge in [-0.2, -0.15) is 0 Å². The zero-order valence-corrected chi connectivity index (χ0v) is 16.6. The van der Waals surface area contributed by atoms with Gasteiger partial charge in [-0.15, -0.1) is 0 Å². The van der Waals surface area contributed by atoms with Gasteiger partial charge < -0.3 is 14.6 Å². The third-order valence-electron chi connectivity index (χ3n) is 4.73. The number of carbonyl (C=O) groups is 1. The number of halogens is 1. The maximum atomic E-state index is 10.7. The summed E-state index contributed by atoms with van der Waals surface area (Å²) >= 11 is 5.98. The van der Waals surface area contributed by atoms with E-state index in [1.165, 1.54) is 0 Å². The zero-order valence-electron chi connectivity index (χ0n) is 15.8. The van der Waals surface area contributed by atoms with Crippen LogP contribution >= 0.6 is 11.6 Å². The highest BCUT2D eigenvalue weighted by atomic mass is 35.5. The summed E-state index contributed by atoms with van der Waals surface area (Å²) in [4.78, 5) is 12.9. The van der Waals surface area contributed by atoms with Crippen molar-refractivity contribution in [2.75, 3.05) is 26.3 Å². The Labute approximate surface area is 170 Å². The quantitative estimate of drug-likeness (QED) is 0.614. The summed E-state index contributed by atoms with van der Waals surface area (Å²) in [5.41, 5.74) is 1.73. The van der Waals surface area contributed by atoms with Gasteiger partial charge in [0.25, 0.3) is 0 Å². The average molecular weight is 404 g/mol. The Balaban J connectivity index is 1.55. The molecule has 0 bridgehead atoms. The Morgan fingerprint density at radius 3 is 2.61 bits per heavy atom. The van der Waals surface area contributed by atoms with Gasteiger partial charge in [0.2, 0.25) is 0 Å². The van der Waals surface area contributed by atoms with Gasteiger partial charge >= 0.3 is 0 Å². The van der Waals surface area contributed by atoms with Gasteiger partial charge in [-0.3, -0.25) is 9.69 Å². The lowest BCUT2D eigenvalue weighted by molar-refractivity contribution is 0.0313. The first-order chi connectivity index (χ1) is 13.6. The molecule has 0 aliphatic carbocycles. The fraction of sp³-hybridized carbons (Fsp3) is 0.409. The first-order valence-electron chi connectivity index (χ1n) is 9.57. The molecule has 1 heterocycles. The summed E-state index contributed by atoms with van der Waals surface area (Å²) in [5.74, 6) is 0.632. The van der Waals surface area contributed by atoms with E-state index >= 15 is 0 Å². The fourth-order valence-corrected chi connectivity index (χ4v) is 3.44. The summed E-state index contributed by atoms with van der Waals surface area (Å²) < 4.78 is 11.4. The molecule has 1 fully saturated rings. The van der Waals surface area contributed by atoms with Crippen LogP contribution in [0.4, 0.5) is 0 Å². The molecule has 1 saturated heterocycles. The average Bonchev–Trinajstić information content (AvgIpc) is 3.21. The van der Waals surface area contributed by atoms with Gasteiger partial charge in [0.15, 0.2) is 0 Å². The Morgan fingerprint density at radius 2 is 1.96 bits per heavy atom. The van der Waals surface area contributed by atoms with Crippen molar-refractivity contribution in [2.24, 2.45) is 0 Å². The van der Waals surface area contributed by atoms with Gasteiger partial charge in [-0.25, -0.2) is 0 Å². The predicted octanol–water partition coefficient (Wildman–Crippen LogP) is 3.57.